The number of benzene rings is 2. The molecule has 2 N–H and O–H groups in total. The van der Waals surface area contributed by atoms with E-state index in [0.29, 0.717) is 18.4 Å². The summed E-state index contributed by atoms with van der Waals surface area (Å²) in [5.41, 5.74) is -1.80. The second kappa shape index (κ2) is 8.34. The van der Waals surface area contributed by atoms with Crippen LogP contribution in [-0.4, -0.2) is 22.5 Å². The minimum Gasteiger partial charge on any atom is -0.351 e. The van der Waals surface area contributed by atoms with Crippen LogP contribution < -0.4 is 10.6 Å². The van der Waals surface area contributed by atoms with Crippen molar-refractivity contribution in [2.45, 2.75) is 37.5 Å². The normalized spacial score (nSPS) is 15.5. The Bertz CT molecular complexity index is 1170. The van der Waals surface area contributed by atoms with Crippen LogP contribution in [0.5, 0.6) is 0 Å². The summed E-state index contributed by atoms with van der Waals surface area (Å²) in [6, 6.07) is 10.1. The first-order valence-electron chi connectivity index (χ1n) is 10.1. The third kappa shape index (κ3) is 4.59. The Balaban J connectivity index is 1.46. The number of carbonyl (C=O) groups excluding carboxylic acids is 2. The zero-order valence-corrected chi connectivity index (χ0v) is 17.4. The largest absolute Gasteiger partial charge is 0.419 e. The molecule has 0 bridgehead atoms. The van der Waals surface area contributed by atoms with Gasteiger partial charge in [0.25, 0.3) is 5.91 Å². The molecule has 1 aliphatic carbocycles. The van der Waals surface area contributed by atoms with E-state index in [-0.39, 0.29) is 22.8 Å². The van der Waals surface area contributed by atoms with Gasteiger partial charge in [0.05, 0.1) is 17.8 Å². The third-order valence-corrected chi connectivity index (χ3v) is 5.57. The first-order chi connectivity index (χ1) is 15.6. The van der Waals surface area contributed by atoms with Crippen molar-refractivity contribution in [2.24, 2.45) is 0 Å². The van der Waals surface area contributed by atoms with Crippen LogP contribution in [0, 0.1) is 5.82 Å². The van der Waals surface area contributed by atoms with E-state index in [0.717, 1.165) is 6.07 Å². The van der Waals surface area contributed by atoms with Crippen molar-refractivity contribution < 1.29 is 31.7 Å². The molecule has 1 aromatic heterocycles. The van der Waals surface area contributed by atoms with Crippen LogP contribution in [0.4, 0.5) is 17.6 Å². The van der Waals surface area contributed by atoms with E-state index in [1.54, 1.807) is 19.1 Å². The quantitative estimate of drug-likeness (QED) is 0.524. The number of rotatable bonds is 6. The van der Waals surface area contributed by atoms with Crippen molar-refractivity contribution in [2.75, 3.05) is 0 Å². The van der Waals surface area contributed by atoms with Gasteiger partial charge in [0.1, 0.15) is 11.4 Å². The van der Waals surface area contributed by atoms with Crippen molar-refractivity contribution in [1.29, 1.82) is 0 Å². The Kier molecular flexibility index (Phi) is 5.69. The Morgan fingerprint density at radius 3 is 2.36 bits per heavy atom. The lowest BCUT2D eigenvalue weighted by Crippen LogP contribution is -2.49. The molecular weight excluding hydrogens is 442 g/mol. The fraction of sp³-hybridized carbons (Fsp3) is 0.261. The molecule has 1 aliphatic rings. The number of nitrogens with zero attached hydrogens (tertiary/aromatic N) is 1. The highest BCUT2D eigenvalue weighted by Crippen LogP contribution is 2.39. The molecular formula is C23H19F4N3O3. The lowest BCUT2D eigenvalue weighted by atomic mass is 9.96. The van der Waals surface area contributed by atoms with Gasteiger partial charge in [-0.2, -0.15) is 13.2 Å². The molecule has 3 aromatic rings. The molecule has 0 aliphatic heterocycles. The van der Waals surface area contributed by atoms with E-state index in [4.69, 9.17) is 4.52 Å². The maximum Gasteiger partial charge on any atom is 0.419 e. The number of amides is 2. The van der Waals surface area contributed by atoms with Gasteiger partial charge in [0.2, 0.25) is 11.7 Å². The summed E-state index contributed by atoms with van der Waals surface area (Å²) in [5.74, 6) is -2.27. The zero-order chi connectivity index (χ0) is 23.8. The smallest absolute Gasteiger partial charge is 0.351 e. The average Bonchev–Trinajstić information content (AvgIpc) is 3.33. The van der Waals surface area contributed by atoms with E-state index >= 15 is 0 Å². The number of carbonyl (C=O) groups is 2. The number of aromatic nitrogens is 1. The first-order valence-corrected chi connectivity index (χ1v) is 10.1. The summed E-state index contributed by atoms with van der Waals surface area (Å²) in [4.78, 5) is 24.9. The van der Waals surface area contributed by atoms with Crippen molar-refractivity contribution in [1.82, 2.24) is 15.8 Å². The van der Waals surface area contributed by atoms with Crippen LogP contribution in [-0.2, 0) is 11.0 Å². The number of hydrogen-bond donors (Lipinski definition) is 2. The van der Waals surface area contributed by atoms with E-state index in [9.17, 15) is 27.2 Å². The fourth-order valence-electron chi connectivity index (χ4n) is 3.57. The van der Waals surface area contributed by atoms with E-state index in [1.165, 1.54) is 36.5 Å². The molecule has 10 heteroatoms. The molecule has 1 heterocycles. The second-order valence-corrected chi connectivity index (χ2v) is 7.89. The van der Waals surface area contributed by atoms with Gasteiger partial charge in [-0.1, -0.05) is 41.6 Å². The van der Waals surface area contributed by atoms with Crippen LogP contribution >= 0.6 is 0 Å². The molecule has 0 radical (unpaired) electrons. The zero-order valence-electron chi connectivity index (χ0n) is 17.4. The van der Waals surface area contributed by atoms with Crippen LogP contribution in [0.3, 0.4) is 0 Å². The summed E-state index contributed by atoms with van der Waals surface area (Å²) in [5, 5.41) is 8.93. The monoisotopic (exact) mass is 461 g/mol. The number of nitrogens with one attached hydrogen (secondary N) is 2. The molecule has 1 fully saturated rings. The molecule has 4 rings (SSSR count). The van der Waals surface area contributed by atoms with Gasteiger partial charge in [-0.15, -0.1) is 0 Å². The van der Waals surface area contributed by atoms with Gasteiger partial charge in [0, 0.05) is 6.07 Å². The average molecular weight is 461 g/mol. The topological polar surface area (TPSA) is 84.2 Å². The Labute approximate surface area is 186 Å². The Hall–Kier alpha value is -3.69. The van der Waals surface area contributed by atoms with Crippen molar-refractivity contribution in [3.05, 3.63) is 77.4 Å². The highest BCUT2D eigenvalue weighted by molar-refractivity contribution is 5.99. The summed E-state index contributed by atoms with van der Waals surface area (Å²) in [6.45, 7) is 1.71. The molecule has 33 heavy (non-hydrogen) atoms. The van der Waals surface area contributed by atoms with Gasteiger partial charge in [-0.05, 0) is 42.5 Å². The number of halogens is 4. The first kappa shape index (κ1) is 22.5. The predicted molar refractivity (Wildman–Crippen MR) is 109 cm³/mol. The highest BCUT2D eigenvalue weighted by Gasteiger charge is 2.51. The van der Waals surface area contributed by atoms with Crippen LogP contribution in [0.1, 0.15) is 47.5 Å². The van der Waals surface area contributed by atoms with Crippen molar-refractivity contribution in [3.63, 3.8) is 0 Å². The van der Waals surface area contributed by atoms with Crippen molar-refractivity contribution in [3.8, 4) is 11.1 Å². The maximum absolute atomic E-state index is 13.9. The molecule has 1 saturated carbocycles. The molecule has 0 spiro atoms. The second-order valence-electron chi connectivity index (χ2n) is 7.89. The minimum atomic E-state index is -4.84. The van der Waals surface area contributed by atoms with Gasteiger partial charge in [0.15, 0.2) is 0 Å². The SMILES string of the molecule is C[C@@H](NC(=O)C1(NC(=O)c2ccno2)CC1)c1ccc(-c2cccc(F)c2C(F)(F)F)cc1. The van der Waals surface area contributed by atoms with Crippen LogP contribution in [0.2, 0.25) is 0 Å². The summed E-state index contributed by atoms with van der Waals surface area (Å²) < 4.78 is 58.6. The predicted octanol–water partition coefficient (Wildman–Crippen LogP) is 4.64. The van der Waals surface area contributed by atoms with Gasteiger partial charge in [-0.3, -0.25) is 9.59 Å². The molecule has 2 amide bonds. The lowest BCUT2D eigenvalue weighted by Gasteiger charge is -2.21. The van der Waals surface area contributed by atoms with Crippen molar-refractivity contribution >= 4 is 11.8 Å². The number of hydrogen-bond acceptors (Lipinski definition) is 4. The molecule has 2 aromatic carbocycles. The summed E-state index contributed by atoms with van der Waals surface area (Å²) >= 11 is 0. The Morgan fingerprint density at radius 1 is 1.09 bits per heavy atom. The van der Waals surface area contributed by atoms with E-state index < -0.39 is 35.0 Å². The van der Waals surface area contributed by atoms with Gasteiger partial charge in [-0.25, -0.2) is 4.39 Å². The minimum absolute atomic E-state index is 0.00622. The summed E-state index contributed by atoms with van der Waals surface area (Å²) in [7, 11) is 0. The lowest BCUT2D eigenvalue weighted by molar-refractivity contribution is -0.139. The van der Waals surface area contributed by atoms with E-state index in [2.05, 4.69) is 15.8 Å². The molecule has 1 atom stereocenters. The number of alkyl halides is 3. The highest BCUT2D eigenvalue weighted by atomic mass is 19.4. The van der Waals surface area contributed by atoms with E-state index in [1.807, 2.05) is 0 Å². The van der Waals surface area contributed by atoms with Crippen LogP contribution in [0.15, 0.2) is 59.3 Å². The summed E-state index contributed by atoms with van der Waals surface area (Å²) in [6.07, 6.45) is -2.59. The fourth-order valence-corrected chi connectivity index (χ4v) is 3.57. The molecule has 172 valence electrons. The van der Waals surface area contributed by atoms with Crippen LogP contribution in [0.25, 0.3) is 11.1 Å². The third-order valence-electron chi connectivity index (χ3n) is 5.57. The molecule has 0 saturated heterocycles. The molecule has 6 nitrogen and oxygen atoms in total. The molecule has 0 unspecified atom stereocenters. The van der Waals surface area contributed by atoms with Gasteiger partial charge >= 0.3 is 6.18 Å². The maximum atomic E-state index is 13.9. The standard InChI is InChI=1S/C23H19F4N3O3/c1-13(29-21(32)22(10-11-22)30-20(31)18-9-12-28-33-18)14-5-7-15(8-6-14)16-3-2-4-17(24)19(16)23(25,26)27/h2-9,12-13H,10-11H2,1H3,(H,29,32)(H,30,31)/t13-/m1/s1. The van der Waals surface area contributed by atoms with Gasteiger partial charge < -0.3 is 15.2 Å². The Morgan fingerprint density at radius 2 is 1.79 bits per heavy atom.